The number of rotatable bonds is 31. The first kappa shape index (κ1) is 40.6. The highest BCUT2D eigenvalue weighted by Crippen LogP contribution is 2.25. The Morgan fingerprint density at radius 3 is 0.932 bits per heavy atom. The van der Waals surface area contributed by atoms with E-state index in [1.165, 1.54) is 0 Å². The van der Waals surface area contributed by atoms with Gasteiger partial charge in [-0.1, -0.05) is 0 Å². The third-order valence-electron chi connectivity index (χ3n) is 6.74. The Morgan fingerprint density at radius 2 is 0.659 bits per heavy atom. The van der Waals surface area contributed by atoms with Crippen molar-refractivity contribution < 1.29 is 57.3 Å². The van der Waals surface area contributed by atoms with Gasteiger partial charge in [0.05, 0.1) is 51.1 Å². The molecule has 250 valence electrons. The van der Waals surface area contributed by atoms with Crippen LogP contribution in [-0.2, 0) is 57.3 Å². The predicted molar refractivity (Wildman–Crippen MR) is 158 cm³/mol. The molecular weight excluding hydrogens is 576 g/mol. The van der Waals surface area contributed by atoms with Crippen molar-refractivity contribution in [3.05, 3.63) is 0 Å². The van der Waals surface area contributed by atoms with Gasteiger partial charge in [0.25, 0.3) is 0 Å². The van der Waals surface area contributed by atoms with Crippen molar-refractivity contribution in [2.75, 3.05) is 26.4 Å². The van der Waals surface area contributed by atoms with Crippen LogP contribution in [-0.4, -0.2) is 75.4 Å². The Morgan fingerprint density at radius 1 is 0.386 bits per heavy atom. The minimum absolute atomic E-state index is 0.00368. The number of carbonyl (C=O) groups excluding carboxylic acids is 8. The highest BCUT2D eigenvalue weighted by molar-refractivity contribution is 5.88. The number of aldehydes is 4. The number of hydrogen-bond donors (Lipinski definition) is 0. The summed E-state index contributed by atoms with van der Waals surface area (Å²) in [4.78, 5) is 93.8. The lowest BCUT2D eigenvalue weighted by Crippen LogP contribution is -2.36. The Kier molecular flexibility index (Phi) is 27.3. The maximum atomic E-state index is 13.2. The standard InChI is InChI=1S/C32H50O12/c33-17-9-1-5-13-21-41-29(37)25-27(31(39)43-23-15-7-3-11-19-35)28(32(40)44-24-16-8-4-12-20-36)26-30(38)42-22-14-6-2-10-18-34/h17-20,27-28H,1-16,21-26H2. The number of carbonyl (C=O) groups is 8. The molecule has 0 rings (SSSR count). The molecule has 0 aromatic heterocycles. The molecule has 2 atom stereocenters. The van der Waals surface area contributed by atoms with Crippen molar-refractivity contribution in [3.63, 3.8) is 0 Å². The molecule has 0 saturated carbocycles. The van der Waals surface area contributed by atoms with E-state index in [2.05, 4.69) is 0 Å². The van der Waals surface area contributed by atoms with E-state index in [4.69, 9.17) is 18.9 Å². The lowest BCUT2D eigenvalue weighted by Gasteiger charge is -2.23. The van der Waals surface area contributed by atoms with Gasteiger partial charge < -0.3 is 38.1 Å². The summed E-state index contributed by atoms with van der Waals surface area (Å²) >= 11 is 0. The van der Waals surface area contributed by atoms with Crippen molar-refractivity contribution in [2.45, 2.75) is 116 Å². The molecular formula is C32H50O12. The van der Waals surface area contributed by atoms with Gasteiger partial charge in [0, 0.05) is 25.7 Å². The second-order valence-electron chi connectivity index (χ2n) is 10.5. The molecule has 0 aromatic rings. The third kappa shape index (κ3) is 23.1. The number of esters is 4. The topological polar surface area (TPSA) is 173 Å². The van der Waals surface area contributed by atoms with Gasteiger partial charge in [-0.15, -0.1) is 0 Å². The van der Waals surface area contributed by atoms with Crippen molar-refractivity contribution in [1.29, 1.82) is 0 Å². The number of hydrogen-bond acceptors (Lipinski definition) is 12. The van der Waals surface area contributed by atoms with E-state index in [9.17, 15) is 38.4 Å². The van der Waals surface area contributed by atoms with Gasteiger partial charge in [-0.05, 0) is 77.0 Å². The van der Waals surface area contributed by atoms with Crippen LogP contribution in [0, 0.1) is 11.8 Å². The number of unbranched alkanes of at least 4 members (excludes halogenated alkanes) is 12. The van der Waals surface area contributed by atoms with E-state index in [1.54, 1.807) is 0 Å². The summed E-state index contributed by atoms with van der Waals surface area (Å²) in [6.45, 7) is 0.143. The maximum Gasteiger partial charge on any atom is 0.310 e. The summed E-state index contributed by atoms with van der Waals surface area (Å²) in [5, 5.41) is 0. The Labute approximate surface area is 260 Å². The molecule has 2 unspecified atom stereocenters. The van der Waals surface area contributed by atoms with Crippen molar-refractivity contribution in [1.82, 2.24) is 0 Å². The molecule has 44 heavy (non-hydrogen) atoms. The van der Waals surface area contributed by atoms with E-state index >= 15 is 0 Å². The zero-order valence-electron chi connectivity index (χ0n) is 25.9. The SMILES string of the molecule is O=CCCCCCOC(=O)CC(C(=O)OCCCCCC=O)C(CC(=O)OCCCCCC=O)C(=O)OCCCCCC=O. The Bertz CT molecular complexity index is 773. The van der Waals surface area contributed by atoms with E-state index < -0.39 is 48.6 Å². The van der Waals surface area contributed by atoms with Crippen LogP contribution in [0.5, 0.6) is 0 Å². The van der Waals surface area contributed by atoms with Crippen LogP contribution in [0.2, 0.25) is 0 Å². The molecule has 0 saturated heterocycles. The summed E-state index contributed by atoms with van der Waals surface area (Å²) in [6, 6.07) is 0. The molecule has 0 radical (unpaired) electrons. The summed E-state index contributed by atoms with van der Waals surface area (Å²) < 4.78 is 21.3. The second-order valence-corrected chi connectivity index (χ2v) is 10.5. The van der Waals surface area contributed by atoms with Crippen molar-refractivity contribution in [3.8, 4) is 0 Å². The highest BCUT2D eigenvalue weighted by atomic mass is 16.6. The summed E-state index contributed by atoms with van der Waals surface area (Å²) in [5.74, 6) is -5.92. The quantitative estimate of drug-likeness (QED) is 0.0465. The average Bonchev–Trinajstić information content (AvgIpc) is 3.01. The normalized spacial score (nSPS) is 11.9. The molecule has 0 amide bonds. The van der Waals surface area contributed by atoms with Crippen LogP contribution in [0.3, 0.4) is 0 Å². The van der Waals surface area contributed by atoms with Crippen molar-refractivity contribution >= 4 is 49.0 Å². The fourth-order valence-electron chi connectivity index (χ4n) is 4.21. The molecule has 0 heterocycles. The molecule has 0 aliphatic heterocycles. The molecule has 12 nitrogen and oxygen atoms in total. The van der Waals surface area contributed by atoms with Crippen LogP contribution < -0.4 is 0 Å². The van der Waals surface area contributed by atoms with E-state index in [0.29, 0.717) is 103 Å². The highest BCUT2D eigenvalue weighted by Gasteiger charge is 2.40. The summed E-state index contributed by atoms with van der Waals surface area (Å²) in [5.41, 5.74) is 0. The van der Waals surface area contributed by atoms with Crippen LogP contribution in [0.15, 0.2) is 0 Å². The van der Waals surface area contributed by atoms with Crippen LogP contribution in [0.1, 0.15) is 116 Å². The van der Waals surface area contributed by atoms with Gasteiger partial charge >= 0.3 is 23.9 Å². The zero-order chi connectivity index (χ0) is 32.7. The molecule has 12 heteroatoms. The van der Waals surface area contributed by atoms with E-state index in [1.807, 2.05) is 0 Å². The first-order valence-electron chi connectivity index (χ1n) is 15.8. The third-order valence-corrected chi connectivity index (χ3v) is 6.74. The van der Waals surface area contributed by atoms with Gasteiger partial charge in [-0.2, -0.15) is 0 Å². The van der Waals surface area contributed by atoms with Gasteiger partial charge in [0.1, 0.15) is 25.1 Å². The molecule has 0 fully saturated rings. The molecule has 0 aliphatic rings. The smallest absolute Gasteiger partial charge is 0.310 e. The minimum atomic E-state index is -1.37. The van der Waals surface area contributed by atoms with E-state index in [-0.39, 0.29) is 26.4 Å². The predicted octanol–water partition coefficient (Wildman–Crippen LogP) is 4.21. The molecule has 0 N–H and O–H groups in total. The van der Waals surface area contributed by atoms with Crippen LogP contribution in [0.25, 0.3) is 0 Å². The average molecular weight is 627 g/mol. The van der Waals surface area contributed by atoms with Gasteiger partial charge in [0.15, 0.2) is 0 Å². The summed E-state index contributed by atoms with van der Waals surface area (Å²) in [6.07, 6.45) is 11.0. The fraction of sp³-hybridized carbons (Fsp3) is 0.750. The Balaban J connectivity index is 5.54. The minimum Gasteiger partial charge on any atom is -0.466 e. The lowest BCUT2D eigenvalue weighted by molar-refractivity contribution is -0.167. The zero-order valence-corrected chi connectivity index (χ0v) is 25.9. The monoisotopic (exact) mass is 626 g/mol. The van der Waals surface area contributed by atoms with Crippen LogP contribution >= 0.6 is 0 Å². The maximum absolute atomic E-state index is 13.2. The first-order valence-corrected chi connectivity index (χ1v) is 15.8. The Hall–Kier alpha value is -3.44. The van der Waals surface area contributed by atoms with Gasteiger partial charge in [-0.3, -0.25) is 19.2 Å². The van der Waals surface area contributed by atoms with Crippen molar-refractivity contribution in [2.24, 2.45) is 11.8 Å². The molecule has 0 spiro atoms. The second kappa shape index (κ2) is 29.6. The first-order chi connectivity index (χ1) is 21.4. The summed E-state index contributed by atoms with van der Waals surface area (Å²) in [7, 11) is 0. The van der Waals surface area contributed by atoms with Crippen LogP contribution in [0.4, 0.5) is 0 Å². The molecule has 0 aromatic carbocycles. The van der Waals surface area contributed by atoms with Gasteiger partial charge in [0.2, 0.25) is 0 Å². The number of ether oxygens (including phenoxy) is 4. The largest absolute Gasteiger partial charge is 0.466 e. The lowest BCUT2D eigenvalue weighted by atomic mass is 9.86. The van der Waals surface area contributed by atoms with Gasteiger partial charge in [-0.25, -0.2) is 0 Å². The molecule has 0 bridgehead atoms. The fourth-order valence-corrected chi connectivity index (χ4v) is 4.21. The molecule has 0 aliphatic carbocycles. The van der Waals surface area contributed by atoms with E-state index in [0.717, 1.165) is 25.1 Å².